The third-order valence-electron chi connectivity index (χ3n) is 5.02. The van der Waals surface area contributed by atoms with Crippen LogP contribution in [-0.4, -0.2) is 48.3 Å². The van der Waals surface area contributed by atoms with Gasteiger partial charge in [0.25, 0.3) is 0 Å². The number of hydrogen-bond acceptors (Lipinski definition) is 10. The Kier molecular flexibility index (Phi) is 5.26. The predicted molar refractivity (Wildman–Crippen MR) is 113 cm³/mol. The molecule has 1 aliphatic heterocycles. The Morgan fingerprint density at radius 1 is 0.758 bits per heavy atom. The molecule has 0 atom stereocenters. The van der Waals surface area contributed by atoms with Crippen molar-refractivity contribution in [3.8, 4) is 46.0 Å². The van der Waals surface area contributed by atoms with Gasteiger partial charge in [0.05, 0.1) is 5.56 Å². The number of ether oxygens (including phenoxy) is 2. The van der Waals surface area contributed by atoms with Gasteiger partial charge in [-0.2, -0.15) is 0 Å². The number of phenolic OH excluding ortho intramolecular Hbond substituents is 7. The first-order valence-corrected chi connectivity index (χ1v) is 9.53. The molecular weight excluding hydrogens is 436 g/mol. The van der Waals surface area contributed by atoms with Gasteiger partial charge in [-0.25, -0.2) is 4.79 Å². The molecule has 0 fully saturated rings. The number of rotatable bonds is 3. The van der Waals surface area contributed by atoms with Crippen molar-refractivity contribution >= 4 is 11.7 Å². The van der Waals surface area contributed by atoms with E-state index < -0.39 is 34.7 Å². The second kappa shape index (κ2) is 8.08. The zero-order chi connectivity index (χ0) is 23.9. The van der Waals surface area contributed by atoms with Crippen LogP contribution in [0.25, 0.3) is 5.76 Å². The summed E-state index contributed by atoms with van der Waals surface area (Å²) in [6, 6.07) is 7.97. The van der Waals surface area contributed by atoms with Gasteiger partial charge in [0.1, 0.15) is 29.6 Å². The average Bonchev–Trinajstić information content (AvgIpc) is 2.77. The molecule has 0 aromatic heterocycles. The maximum absolute atomic E-state index is 12.8. The molecular formula is C23H18O10. The number of phenols is 7. The molecule has 170 valence electrons. The minimum absolute atomic E-state index is 0.0533. The molecule has 4 rings (SSSR count). The Balaban J connectivity index is 1.79. The van der Waals surface area contributed by atoms with Gasteiger partial charge < -0.3 is 45.2 Å². The fraction of sp³-hybridized carbons (Fsp3) is 0.0870. The second-order valence-electron chi connectivity index (χ2n) is 7.30. The summed E-state index contributed by atoms with van der Waals surface area (Å²) < 4.78 is 11.1. The topological polar surface area (TPSA) is 177 Å². The van der Waals surface area contributed by atoms with E-state index in [1.54, 1.807) is 0 Å². The van der Waals surface area contributed by atoms with Gasteiger partial charge in [-0.1, -0.05) is 0 Å². The molecule has 3 aromatic rings. The van der Waals surface area contributed by atoms with Crippen LogP contribution in [0, 0.1) is 0 Å². The van der Waals surface area contributed by atoms with E-state index >= 15 is 0 Å². The van der Waals surface area contributed by atoms with Crippen LogP contribution in [0.1, 0.15) is 21.5 Å². The highest BCUT2D eigenvalue weighted by atomic mass is 16.5. The Morgan fingerprint density at radius 3 is 2.09 bits per heavy atom. The standard InChI is InChI=1S/C23H18O10/c24-13-7-16(26)14-3-12(9-32-20(14)8-13)22(10-1-2-15(25)17(27)4-10)33-23(31)11-5-18(28)21(30)19(29)6-11/h1-2,4-8,24-30H,3,9H2/b22-12-. The van der Waals surface area contributed by atoms with Crippen molar-refractivity contribution in [2.24, 2.45) is 0 Å². The fourth-order valence-electron chi connectivity index (χ4n) is 3.37. The van der Waals surface area contributed by atoms with Crippen molar-refractivity contribution in [1.82, 2.24) is 0 Å². The van der Waals surface area contributed by atoms with Crippen LogP contribution in [0.2, 0.25) is 0 Å². The quantitative estimate of drug-likeness (QED) is 0.177. The number of esters is 1. The van der Waals surface area contributed by atoms with Crippen LogP contribution < -0.4 is 4.74 Å². The first-order valence-electron chi connectivity index (χ1n) is 9.53. The number of hydrogen-bond donors (Lipinski definition) is 7. The van der Waals surface area contributed by atoms with Gasteiger partial charge in [-0.3, -0.25) is 0 Å². The molecule has 0 bridgehead atoms. The highest BCUT2D eigenvalue weighted by molar-refractivity contribution is 5.95. The molecule has 7 N–H and O–H groups in total. The van der Waals surface area contributed by atoms with E-state index in [1.165, 1.54) is 18.2 Å². The maximum atomic E-state index is 12.8. The van der Waals surface area contributed by atoms with Crippen LogP contribution >= 0.6 is 0 Å². The third kappa shape index (κ3) is 4.09. The number of fused-ring (bicyclic) bond motifs is 1. The molecule has 0 aliphatic carbocycles. The van der Waals surface area contributed by atoms with E-state index in [0.717, 1.165) is 24.3 Å². The van der Waals surface area contributed by atoms with Gasteiger partial charge in [0.15, 0.2) is 28.7 Å². The molecule has 0 saturated heterocycles. The molecule has 0 spiro atoms. The number of benzene rings is 3. The van der Waals surface area contributed by atoms with Crippen LogP contribution in [-0.2, 0) is 11.2 Å². The molecule has 0 unspecified atom stereocenters. The summed E-state index contributed by atoms with van der Waals surface area (Å²) in [6.07, 6.45) is 0.0533. The summed E-state index contributed by atoms with van der Waals surface area (Å²) in [5.41, 5.74) is 0.597. The highest BCUT2D eigenvalue weighted by Crippen LogP contribution is 2.41. The molecule has 1 heterocycles. The number of carbonyl (C=O) groups is 1. The average molecular weight is 454 g/mol. The van der Waals surface area contributed by atoms with E-state index in [4.69, 9.17) is 9.47 Å². The zero-order valence-electron chi connectivity index (χ0n) is 16.8. The summed E-state index contributed by atoms with van der Waals surface area (Å²) in [5, 5.41) is 68.3. The normalized spacial score (nSPS) is 14.2. The molecule has 0 amide bonds. The smallest absolute Gasteiger partial charge is 0.343 e. The van der Waals surface area contributed by atoms with Gasteiger partial charge in [0, 0.05) is 35.3 Å². The van der Waals surface area contributed by atoms with Gasteiger partial charge in [0.2, 0.25) is 0 Å². The summed E-state index contributed by atoms with van der Waals surface area (Å²) in [6.45, 7) is -0.105. The van der Waals surface area contributed by atoms with Crippen molar-refractivity contribution in [2.75, 3.05) is 6.61 Å². The van der Waals surface area contributed by atoms with Gasteiger partial charge >= 0.3 is 5.97 Å². The Labute approximate surface area is 186 Å². The number of aromatic hydroxyl groups is 7. The fourth-order valence-corrected chi connectivity index (χ4v) is 3.37. The van der Waals surface area contributed by atoms with Crippen molar-refractivity contribution in [1.29, 1.82) is 0 Å². The molecule has 3 aromatic carbocycles. The van der Waals surface area contributed by atoms with Gasteiger partial charge in [-0.15, -0.1) is 0 Å². The monoisotopic (exact) mass is 454 g/mol. The summed E-state index contributed by atoms with van der Waals surface area (Å²) in [7, 11) is 0. The first kappa shape index (κ1) is 21.5. The van der Waals surface area contributed by atoms with Crippen molar-refractivity contribution in [3.05, 3.63) is 64.7 Å². The number of carbonyl (C=O) groups excluding carboxylic acids is 1. The molecule has 33 heavy (non-hydrogen) atoms. The summed E-state index contributed by atoms with van der Waals surface area (Å²) in [5.74, 6) is -4.44. The lowest BCUT2D eigenvalue weighted by Crippen LogP contribution is -2.16. The maximum Gasteiger partial charge on any atom is 0.343 e. The van der Waals surface area contributed by atoms with E-state index in [-0.39, 0.29) is 47.2 Å². The minimum atomic E-state index is -1.02. The summed E-state index contributed by atoms with van der Waals surface area (Å²) >= 11 is 0. The molecule has 10 nitrogen and oxygen atoms in total. The van der Waals surface area contributed by atoms with Gasteiger partial charge in [-0.05, 0) is 30.3 Å². The largest absolute Gasteiger partial charge is 0.508 e. The minimum Gasteiger partial charge on any atom is -0.508 e. The van der Waals surface area contributed by atoms with Crippen LogP contribution in [0.3, 0.4) is 0 Å². The SMILES string of the molecule is O=C(O/C(=C1\COc2cc(O)cc(O)c2C1)c1ccc(O)c(O)c1)c1cc(O)c(O)c(O)c1. The van der Waals surface area contributed by atoms with Crippen LogP contribution in [0.4, 0.5) is 0 Å². The van der Waals surface area contributed by atoms with Crippen molar-refractivity contribution in [3.63, 3.8) is 0 Å². The van der Waals surface area contributed by atoms with Crippen molar-refractivity contribution < 1.29 is 50.0 Å². The van der Waals surface area contributed by atoms with E-state index in [0.29, 0.717) is 11.1 Å². The predicted octanol–water partition coefficient (Wildman–Crippen LogP) is 2.83. The third-order valence-corrected chi connectivity index (χ3v) is 5.02. The second-order valence-corrected chi connectivity index (χ2v) is 7.30. The van der Waals surface area contributed by atoms with E-state index in [1.807, 2.05) is 0 Å². The Morgan fingerprint density at radius 2 is 1.42 bits per heavy atom. The van der Waals surface area contributed by atoms with E-state index in [9.17, 15) is 40.5 Å². The zero-order valence-corrected chi connectivity index (χ0v) is 16.8. The lowest BCUT2D eigenvalue weighted by Gasteiger charge is -2.24. The van der Waals surface area contributed by atoms with Crippen LogP contribution in [0.5, 0.6) is 46.0 Å². The Bertz CT molecular complexity index is 1290. The highest BCUT2D eigenvalue weighted by Gasteiger charge is 2.26. The first-order chi connectivity index (χ1) is 15.6. The molecule has 0 saturated carbocycles. The molecule has 10 heteroatoms. The summed E-state index contributed by atoms with van der Waals surface area (Å²) in [4.78, 5) is 12.8. The van der Waals surface area contributed by atoms with E-state index in [2.05, 4.69) is 0 Å². The lowest BCUT2D eigenvalue weighted by atomic mass is 9.97. The lowest BCUT2D eigenvalue weighted by molar-refractivity contribution is 0.0687. The Hall–Kier alpha value is -4.73. The van der Waals surface area contributed by atoms with Crippen LogP contribution in [0.15, 0.2) is 48.0 Å². The van der Waals surface area contributed by atoms with Crippen molar-refractivity contribution in [2.45, 2.75) is 6.42 Å². The molecule has 0 radical (unpaired) electrons. The molecule has 1 aliphatic rings.